The van der Waals surface area contributed by atoms with Crippen molar-refractivity contribution in [3.8, 4) is 0 Å². The van der Waals surface area contributed by atoms with Crippen LogP contribution in [-0.4, -0.2) is 21.6 Å². The Hall–Kier alpha value is -3.12. The van der Waals surface area contributed by atoms with Crippen molar-refractivity contribution in [2.75, 3.05) is 0 Å². The van der Waals surface area contributed by atoms with E-state index in [1.165, 1.54) is 11.3 Å². The van der Waals surface area contributed by atoms with Crippen molar-refractivity contribution in [3.05, 3.63) is 70.6 Å². The maximum Gasteiger partial charge on any atom is 0.311 e. The zero-order valence-corrected chi connectivity index (χ0v) is 18.0. The van der Waals surface area contributed by atoms with Crippen molar-refractivity contribution in [2.45, 2.75) is 26.3 Å². The predicted octanol–water partition coefficient (Wildman–Crippen LogP) is 5.15. The third-order valence-corrected chi connectivity index (χ3v) is 6.73. The third kappa shape index (κ3) is 3.59. The summed E-state index contributed by atoms with van der Waals surface area (Å²) in [6.07, 6.45) is 0. The molecule has 0 saturated carbocycles. The maximum atomic E-state index is 12.7. The number of thiophene rings is 1. The molecule has 4 aromatic rings. The van der Waals surface area contributed by atoms with E-state index >= 15 is 0 Å². The van der Waals surface area contributed by atoms with Gasteiger partial charge in [0, 0.05) is 29.9 Å². The van der Waals surface area contributed by atoms with E-state index < -0.39 is 11.9 Å². The lowest BCUT2D eigenvalue weighted by Gasteiger charge is -2.17. The molecule has 0 fully saturated rings. The van der Waals surface area contributed by atoms with Gasteiger partial charge in [0.05, 0.1) is 10.8 Å². The molecule has 154 valence electrons. The van der Waals surface area contributed by atoms with Gasteiger partial charge in [0.25, 0.3) is 5.91 Å². The minimum absolute atomic E-state index is 0.0112. The van der Waals surface area contributed by atoms with Crippen LogP contribution in [0.2, 0.25) is 0 Å². The van der Waals surface area contributed by atoms with Crippen molar-refractivity contribution < 1.29 is 14.7 Å². The van der Waals surface area contributed by atoms with Crippen molar-refractivity contribution >= 4 is 44.3 Å². The van der Waals surface area contributed by atoms with Gasteiger partial charge < -0.3 is 15.0 Å². The molecule has 2 N–H and O–H groups in total. The highest BCUT2D eigenvalue weighted by atomic mass is 32.1. The first-order chi connectivity index (χ1) is 14.4. The molecule has 5 nitrogen and oxygen atoms in total. The number of rotatable bonds is 6. The van der Waals surface area contributed by atoms with E-state index in [2.05, 4.69) is 22.0 Å². The number of carboxylic acids is 1. The summed E-state index contributed by atoms with van der Waals surface area (Å²) in [7, 11) is 2.02. The van der Waals surface area contributed by atoms with E-state index in [4.69, 9.17) is 0 Å². The SMILES string of the molecule is CC(C)C(C(=O)O)c1ccc(CNC(=O)c2cc3c4ccccc4n(C)c3s2)cc1. The summed E-state index contributed by atoms with van der Waals surface area (Å²) >= 11 is 1.49. The molecule has 1 unspecified atom stereocenters. The molecule has 2 heterocycles. The molecule has 30 heavy (non-hydrogen) atoms. The van der Waals surface area contributed by atoms with Crippen LogP contribution in [0.15, 0.2) is 54.6 Å². The van der Waals surface area contributed by atoms with Crippen molar-refractivity contribution in [2.24, 2.45) is 13.0 Å². The second-order valence-corrected chi connectivity index (χ2v) is 8.92. The van der Waals surface area contributed by atoms with Gasteiger partial charge in [-0.2, -0.15) is 0 Å². The smallest absolute Gasteiger partial charge is 0.311 e. The first-order valence-electron chi connectivity index (χ1n) is 9.93. The van der Waals surface area contributed by atoms with Crippen LogP contribution in [0.4, 0.5) is 0 Å². The molecule has 1 amide bonds. The van der Waals surface area contributed by atoms with E-state index in [-0.39, 0.29) is 11.8 Å². The lowest BCUT2D eigenvalue weighted by atomic mass is 9.88. The van der Waals surface area contributed by atoms with Gasteiger partial charge in [-0.15, -0.1) is 11.3 Å². The number of aliphatic carboxylic acids is 1. The van der Waals surface area contributed by atoms with Crippen LogP contribution in [0, 0.1) is 5.92 Å². The highest BCUT2D eigenvalue weighted by molar-refractivity contribution is 7.20. The number of fused-ring (bicyclic) bond motifs is 3. The van der Waals surface area contributed by atoms with E-state index in [9.17, 15) is 14.7 Å². The summed E-state index contributed by atoms with van der Waals surface area (Å²) in [5.41, 5.74) is 2.88. The Morgan fingerprint density at radius 1 is 1.07 bits per heavy atom. The number of carbonyl (C=O) groups is 2. The summed E-state index contributed by atoms with van der Waals surface area (Å²) in [5.74, 6) is -1.43. The molecular weight excluding hydrogens is 396 g/mol. The number of hydrogen-bond acceptors (Lipinski definition) is 3. The van der Waals surface area contributed by atoms with Gasteiger partial charge >= 0.3 is 5.97 Å². The molecule has 0 aliphatic heterocycles. The van der Waals surface area contributed by atoms with Crippen LogP contribution in [0.25, 0.3) is 21.1 Å². The second-order valence-electron chi connectivity index (χ2n) is 7.89. The number of hydrogen-bond donors (Lipinski definition) is 2. The number of aryl methyl sites for hydroxylation is 1. The largest absolute Gasteiger partial charge is 0.481 e. The molecule has 6 heteroatoms. The lowest BCUT2D eigenvalue weighted by molar-refractivity contribution is -0.139. The molecule has 0 spiro atoms. The quantitative estimate of drug-likeness (QED) is 0.453. The van der Waals surface area contributed by atoms with E-state index in [0.717, 1.165) is 32.2 Å². The number of nitrogens with one attached hydrogen (secondary N) is 1. The van der Waals surface area contributed by atoms with Crippen molar-refractivity contribution in [1.29, 1.82) is 0 Å². The van der Waals surface area contributed by atoms with Gasteiger partial charge in [-0.3, -0.25) is 9.59 Å². The minimum atomic E-state index is -0.816. The minimum Gasteiger partial charge on any atom is -0.481 e. The number of carbonyl (C=O) groups excluding carboxylic acids is 1. The number of amides is 1. The monoisotopic (exact) mass is 420 g/mol. The molecule has 0 aliphatic carbocycles. The van der Waals surface area contributed by atoms with Gasteiger partial charge in [-0.1, -0.05) is 56.3 Å². The predicted molar refractivity (Wildman–Crippen MR) is 121 cm³/mol. The molecule has 0 radical (unpaired) electrons. The average molecular weight is 421 g/mol. The number of nitrogens with zero attached hydrogens (tertiary/aromatic N) is 1. The molecule has 1 atom stereocenters. The fourth-order valence-corrected chi connectivity index (χ4v) is 5.03. The topological polar surface area (TPSA) is 71.3 Å². The maximum absolute atomic E-state index is 12.7. The number of benzene rings is 2. The number of para-hydroxylation sites is 1. The summed E-state index contributed by atoms with van der Waals surface area (Å²) < 4.78 is 2.12. The Morgan fingerprint density at radius 3 is 2.43 bits per heavy atom. The van der Waals surface area contributed by atoms with Crippen molar-refractivity contribution in [3.63, 3.8) is 0 Å². The Bertz CT molecular complexity index is 1230. The Balaban J connectivity index is 1.48. The van der Waals surface area contributed by atoms with Gasteiger partial charge in [-0.25, -0.2) is 0 Å². The first-order valence-corrected chi connectivity index (χ1v) is 10.7. The Kier molecular flexibility index (Phi) is 5.35. The van der Waals surface area contributed by atoms with Gasteiger partial charge in [0.15, 0.2) is 0 Å². The van der Waals surface area contributed by atoms with Gasteiger partial charge in [0.1, 0.15) is 4.83 Å². The third-order valence-electron chi connectivity index (χ3n) is 5.52. The Morgan fingerprint density at radius 2 is 1.77 bits per heavy atom. The number of aromatic nitrogens is 1. The fraction of sp³-hybridized carbons (Fsp3) is 0.250. The standard InChI is InChI=1S/C24H24N2O3S/c1-14(2)21(24(28)29)16-10-8-15(9-11-16)13-25-22(27)20-12-18-17-6-4-5-7-19(17)26(3)23(18)30-20/h4-12,14,21H,13H2,1-3H3,(H,25,27)(H,28,29). The zero-order chi connectivity index (χ0) is 21.4. The summed E-state index contributed by atoms with van der Waals surface area (Å²) in [6.45, 7) is 4.20. The van der Waals surface area contributed by atoms with E-state index in [0.29, 0.717) is 11.4 Å². The van der Waals surface area contributed by atoms with E-state index in [1.54, 1.807) is 0 Å². The molecular formula is C24H24N2O3S. The van der Waals surface area contributed by atoms with E-state index in [1.807, 2.05) is 63.4 Å². The zero-order valence-electron chi connectivity index (χ0n) is 17.2. The van der Waals surface area contributed by atoms with Gasteiger partial charge in [0.2, 0.25) is 0 Å². The van der Waals surface area contributed by atoms with Gasteiger partial charge in [-0.05, 0) is 29.2 Å². The summed E-state index contributed by atoms with van der Waals surface area (Å²) in [6, 6.07) is 17.6. The molecule has 0 saturated heterocycles. The van der Waals surface area contributed by atoms with Crippen LogP contribution < -0.4 is 5.32 Å². The highest BCUT2D eigenvalue weighted by Crippen LogP contribution is 2.34. The molecule has 0 aliphatic rings. The molecule has 2 aromatic carbocycles. The van der Waals surface area contributed by atoms with Crippen LogP contribution in [0.5, 0.6) is 0 Å². The number of carboxylic acid groups (broad SMARTS) is 1. The molecule has 4 rings (SSSR count). The van der Waals surface area contributed by atoms with Crippen LogP contribution in [0.1, 0.15) is 40.6 Å². The first kappa shape index (κ1) is 20.2. The lowest BCUT2D eigenvalue weighted by Crippen LogP contribution is -2.22. The van der Waals surface area contributed by atoms with Crippen LogP contribution in [-0.2, 0) is 18.4 Å². The second kappa shape index (κ2) is 7.95. The Labute approximate surface area is 178 Å². The summed E-state index contributed by atoms with van der Waals surface area (Å²) in [4.78, 5) is 26.0. The van der Waals surface area contributed by atoms with Crippen molar-refractivity contribution in [1.82, 2.24) is 9.88 Å². The summed E-state index contributed by atoms with van der Waals surface area (Å²) in [5, 5.41) is 14.7. The normalized spacial score (nSPS) is 12.5. The highest BCUT2D eigenvalue weighted by Gasteiger charge is 2.23. The fourth-order valence-electron chi connectivity index (χ4n) is 3.96. The molecule has 0 bridgehead atoms. The average Bonchev–Trinajstić information content (AvgIpc) is 3.27. The van der Waals surface area contributed by atoms with Crippen LogP contribution >= 0.6 is 11.3 Å². The van der Waals surface area contributed by atoms with Crippen LogP contribution in [0.3, 0.4) is 0 Å². The molecule has 2 aromatic heterocycles.